The second-order valence-electron chi connectivity index (χ2n) is 4.61. The lowest BCUT2D eigenvalue weighted by molar-refractivity contribution is -0.116. The van der Waals surface area contributed by atoms with Gasteiger partial charge in [0.1, 0.15) is 6.33 Å². The molecule has 0 saturated carbocycles. The van der Waals surface area contributed by atoms with Crippen molar-refractivity contribution in [1.29, 1.82) is 0 Å². The van der Waals surface area contributed by atoms with Crippen molar-refractivity contribution in [1.82, 2.24) is 24.6 Å². The maximum Gasteiger partial charge on any atom is 0.252 e. The highest BCUT2D eigenvalue weighted by molar-refractivity contribution is 5.90. The number of amides is 1. The van der Waals surface area contributed by atoms with Gasteiger partial charge in [0, 0.05) is 25.0 Å². The molecule has 0 bridgehead atoms. The van der Waals surface area contributed by atoms with Gasteiger partial charge in [-0.05, 0) is 30.5 Å². The monoisotopic (exact) mass is 282 g/mol. The van der Waals surface area contributed by atoms with Gasteiger partial charge >= 0.3 is 0 Å². The van der Waals surface area contributed by atoms with Gasteiger partial charge in [0.25, 0.3) is 5.78 Å². The molecule has 3 rings (SSSR count). The topological polar surface area (TPSA) is 85.1 Å². The maximum absolute atomic E-state index is 11.8. The Balaban J connectivity index is 1.50. The number of anilines is 1. The molecule has 3 aromatic rings. The van der Waals surface area contributed by atoms with Crippen LogP contribution in [0.1, 0.15) is 18.4 Å². The van der Waals surface area contributed by atoms with Gasteiger partial charge in [-0.2, -0.15) is 10.1 Å². The van der Waals surface area contributed by atoms with Crippen LogP contribution in [0.25, 0.3) is 5.78 Å². The summed E-state index contributed by atoms with van der Waals surface area (Å²) >= 11 is 0. The third-order valence-electron chi connectivity index (χ3n) is 3.00. The van der Waals surface area contributed by atoms with Gasteiger partial charge in [0.15, 0.2) is 0 Å². The Hall–Kier alpha value is -2.83. The molecule has 3 heterocycles. The molecular formula is C14H14N6O. The van der Waals surface area contributed by atoms with E-state index < -0.39 is 0 Å². The first kappa shape index (κ1) is 13.2. The number of aryl methyl sites for hydroxylation is 1. The third-order valence-corrected chi connectivity index (χ3v) is 3.00. The smallest absolute Gasteiger partial charge is 0.252 e. The van der Waals surface area contributed by atoms with Gasteiger partial charge in [-0.1, -0.05) is 0 Å². The van der Waals surface area contributed by atoms with E-state index in [2.05, 4.69) is 25.4 Å². The summed E-state index contributed by atoms with van der Waals surface area (Å²) in [5.41, 5.74) is 1.75. The molecule has 0 radical (unpaired) electrons. The van der Waals surface area contributed by atoms with E-state index in [0.717, 1.165) is 18.4 Å². The van der Waals surface area contributed by atoms with Crippen LogP contribution in [-0.4, -0.2) is 30.5 Å². The molecule has 106 valence electrons. The van der Waals surface area contributed by atoms with Gasteiger partial charge in [-0.15, -0.1) is 0 Å². The molecule has 0 aliphatic heterocycles. The first-order valence-corrected chi connectivity index (χ1v) is 6.65. The fourth-order valence-electron chi connectivity index (χ4n) is 2.00. The maximum atomic E-state index is 11.8. The Labute approximate surface area is 121 Å². The average molecular weight is 282 g/mol. The molecule has 0 aliphatic rings. The summed E-state index contributed by atoms with van der Waals surface area (Å²) < 4.78 is 1.63. The summed E-state index contributed by atoms with van der Waals surface area (Å²) in [6.07, 6.45) is 10.4. The number of hydrogen-bond acceptors (Lipinski definition) is 5. The number of nitrogens with zero attached hydrogens (tertiary/aromatic N) is 5. The zero-order valence-corrected chi connectivity index (χ0v) is 11.3. The van der Waals surface area contributed by atoms with E-state index in [1.165, 1.54) is 6.33 Å². The van der Waals surface area contributed by atoms with Crippen LogP contribution in [0.15, 0.2) is 43.2 Å². The van der Waals surface area contributed by atoms with Crippen LogP contribution >= 0.6 is 0 Å². The van der Waals surface area contributed by atoms with E-state index in [1.54, 1.807) is 29.2 Å². The second-order valence-corrected chi connectivity index (χ2v) is 4.61. The van der Waals surface area contributed by atoms with Gasteiger partial charge in [0.05, 0.1) is 11.9 Å². The SMILES string of the molecule is O=C(CCCc1cnc2ncnn2c1)Nc1cccnc1. The molecule has 1 N–H and O–H groups in total. The largest absolute Gasteiger partial charge is 0.325 e. The predicted octanol–water partition coefficient (Wildman–Crippen LogP) is 1.48. The van der Waals surface area contributed by atoms with E-state index in [1.807, 2.05) is 12.3 Å². The molecule has 0 aliphatic carbocycles. The Bertz CT molecular complexity index is 739. The van der Waals surface area contributed by atoms with Crippen molar-refractivity contribution in [3.63, 3.8) is 0 Å². The number of fused-ring (bicyclic) bond motifs is 1. The molecule has 0 unspecified atom stereocenters. The number of aromatic nitrogens is 5. The normalized spacial score (nSPS) is 10.7. The summed E-state index contributed by atoms with van der Waals surface area (Å²) in [6, 6.07) is 3.60. The van der Waals surface area contributed by atoms with Crippen LogP contribution in [0.2, 0.25) is 0 Å². The number of pyridine rings is 1. The van der Waals surface area contributed by atoms with Crippen molar-refractivity contribution in [3.05, 3.63) is 48.8 Å². The van der Waals surface area contributed by atoms with E-state index in [-0.39, 0.29) is 5.91 Å². The van der Waals surface area contributed by atoms with E-state index in [0.29, 0.717) is 17.9 Å². The van der Waals surface area contributed by atoms with E-state index >= 15 is 0 Å². The molecule has 1 amide bonds. The molecule has 0 atom stereocenters. The number of hydrogen-bond donors (Lipinski definition) is 1. The molecule has 7 nitrogen and oxygen atoms in total. The highest BCUT2D eigenvalue weighted by Crippen LogP contribution is 2.07. The molecule has 0 saturated heterocycles. The fraction of sp³-hybridized carbons (Fsp3) is 0.214. The summed E-state index contributed by atoms with van der Waals surface area (Å²) in [5, 5.41) is 6.84. The average Bonchev–Trinajstić information content (AvgIpc) is 2.96. The zero-order valence-electron chi connectivity index (χ0n) is 11.3. The molecule has 21 heavy (non-hydrogen) atoms. The van der Waals surface area contributed by atoms with Crippen molar-refractivity contribution in [2.75, 3.05) is 5.32 Å². The van der Waals surface area contributed by atoms with Crippen LogP contribution in [0.3, 0.4) is 0 Å². The Morgan fingerprint density at radius 3 is 3.10 bits per heavy atom. The Morgan fingerprint density at radius 1 is 1.29 bits per heavy atom. The standard InChI is InChI=1S/C14H14N6O/c21-13(19-12-4-2-6-15-8-12)5-1-3-11-7-16-14-17-10-18-20(14)9-11/h2,4,6-10H,1,3,5H2,(H,19,21). The van der Waals surface area contributed by atoms with E-state index in [4.69, 9.17) is 0 Å². The summed E-state index contributed by atoms with van der Waals surface area (Å²) in [4.78, 5) is 23.9. The van der Waals surface area contributed by atoms with Crippen molar-refractivity contribution in [2.24, 2.45) is 0 Å². The summed E-state index contributed by atoms with van der Waals surface area (Å²) in [5.74, 6) is 0.561. The second kappa shape index (κ2) is 6.08. The Kier molecular flexibility index (Phi) is 3.81. The number of carbonyl (C=O) groups excluding carboxylic acids is 1. The molecule has 0 fully saturated rings. The van der Waals surface area contributed by atoms with Gasteiger partial charge < -0.3 is 5.32 Å². The number of carbonyl (C=O) groups is 1. The lowest BCUT2D eigenvalue weighted by atomic mass is 10.1. The summed E-state index contributed by atoms with van der Waals surface area (Å²) in [6.45, 7) is 0. The lowest BCUT2D eigenvalue weighted by Gasteiger charge is -2.04. The van der Waals surface area contributed by atoms with Crippen LogP contribution < -0.4 is 5.32 Å². The fourth-order valence-corrected chi connectivity index (χ4v) is 2.00. The number of rotatable bonds is 5. The van der Waals surface area contributed by atoms with Crippen LogP contribution in [-0.2, 0) is 11.2 Å². The molecular weight excluding hydrogens is 268 g/mol. The van der Waals surface area contributed by atoms with Crippen molar-refractivity contribution < 1.29 is 4.79 Å². The molecule has 3 aromatic heterocycles. The van der Waals surface area contributed by atoms with Gasteiger partial charge in [0.2, 0.25) is 5.91 Å². The minimum Gasteiger partial charge on any atom is -0.325 e. The lowest BCUT2D eigenvalue weighted by Crippen LogP contribution is -2.11. The van der Waals surface area contributed by atoms with Gasteiger partial charge in [-0.3, -0.25) is 9.78 Å². The molecule has 0 aromatic carbocycles. The van der Waals surface area contributed by atoms with Crippen LogP contribution in [0, 0.1) is 0 Å². The quantitative estimate of drug-likeness (QED) is 0.766. The van der Waals surface area contributed by atoms with E-state index in [9.17, 15) is 4.79 Å². The minimum absolute atomic E-state index is 0.0159. The summed E-state index contributed by atoms with van der Waals surface area (Å²) in [7, 11) is 0. The molecule has 7 heteroatoms. The first-order valence-electron chi connectivity index (χ1n) is 6.65. The van der Waals surface area contributed by atoms with Crippen molar-refractivity contribution >= 4 is 17.4 Å². The third kappa shape index (κ3) is 3.38. The number of nitrogens with one attached hydrogen (secondary N) is 1. The van der Waals surface area contributed by atoms with Crippen LogP contribution in [0.5, 0.6) is 0 Å². The highest BCUT2D eigenvalue weighted by Gasteiger charge is 2.04. The predicted molar refractivity (Wildman–Crippen MR) is 76.6 cm³/mol. The van der Waals surface area contributed by atoms with Crippen molar-refractivity contribution in [2.45, 2.75) is 19.3 Å². The zero-order chi connectivity index (χ0) is 14.5. The minimum atomic E-state index is -0.0159. The first-order chi connectivity index (χ1) is 10.3. The van der Waals surface area contributed by atoms with Crippen LogP contribution in [0.4, 0.5) is 5.69 Å². The Morgan fingerprint density at radius 2 is 2.24 bits per heavy atom. The van der Waals surface area contributed by atoms with Gasteiger partial charge in [-0.25, -0.2) is 9.50 Å². The highest BCUT2D eigenvalue weighted by atomic mass is 16.1. The molecule has 0 spiro atoms. The van der Waals surface area contributed by atoms with Crippen molar-refractivity contribution in [3.8, 4) is 0 Å².